The summed E-state index contributed by atoms with van der Waals surface area (Å²) in [5.41, 5.74) is 2.87. The fourth-order valence-corrected chi connectivity index (χ4v) is 3.84. The second kappa shape index (κ2) is 6.88. The van der Waals surface area contributed by atoms with E-state index < -0.39 is 0 Å². The van der Waals surface area contributed by atoms with E-state index in [1.165, 1.54) is 21.2 Å². The van der Waals surface area contributed by atoms with Gasteiger partial charge < -0.3 is 5.32 Å². The maximum atomic E-state index is 3.61. The maximum Gasteiger partial charge on any atom is 0.0345 e. The lowest BCUT2D eigenvalue weighted by Crippen LogP contribution is -2.21. The summed E-state index contributed by atoms with van der Waals surface area (Å²) in [5.74, 6) is 0. The molecular weight excluding hydrogens is 274 g/mol. The summed E-state index contributed by atoms with van der Waals surface area (Å²) in [6.07, 6.45) is 2.26. The number of hydrogen-bond donors (Lipinski definition) is 1. The van der Waals surface area contributed by atoms with Crippen LogP contribution in [0.5, 0.6) is 0 Å². The van der Waals surface area contributed by atoms with Crippen molar-refractivity contribution in [2.75, 3.05) is 6.54 Å². The molecule has 0 spiro atoms. The molecule has 21 heavy (non-hydrogen) atoms. The third kappa shape index (κ3) is 3.34. The van der Waals surface area contributed by atoms with Gasteiger partial charge in [-0.2, -0.15) is 0 Å². The first-order chi connectivity index (χ1) is 10.4. The molecule has 3 aromatic rings. The zero-order chi connectivity index (χ0) is 14.5. The topological polar surface area (TPSA) is 12.0 Å². The Bertz CT molecular complexity index is 687. The van der Waals surface area contributed by atoms with Crippen molar-refractivity contribution in [3.05, 3.63) is 71.1 Å². The van der Waals surface area contributed by atoms with E-state index >= 15 is 0 Å². The fourth-order valence-electron chi connectivity index (χ4n) is 2.84. The standard InChI is InChI=1S/C19H21NS/c1-2-20-18(15-8-4-3-5-9-15)13-12-16-14-21-19-11-7-6-10-17(16)19/h3-11,14,18,20H,2,12-13H2,1H3. The van der Waals surface area contributed by atoms with Crippen LogP contribution in [0.1, 0.15) is 30.5 Å². The van der Waals surface area contributed by atoms with Gasteiger partial charge in [-0.15, -0.1) is 11.3 Å². The lowest BCUT2D eigenvalue weighted by Gasteiger charge is -2.18. The molecular formula is C19H21NS. The molecule has 0 aliphatic rings. The van der Waals surface area contributed by atoms with Crippen LogP contribution in [0.15, 0.2) is 60.0 Å². The summed E-state index contributed by atoms with van der Waals surface area (Å²) in [6, 6.07) is 19.9. The Kier molecular flexibility index (Phi) is 4.69. The Morgan fingerprint density at radius 2 is 1.76 bits per heavy atom. The van der Waals surface area contributed by atoms with Crippen molar-refractivity contribution in [2.24, 2.45) is 0 Å². The van der Waals surface area contributed by atoms with Crippen molar-refractivity contribution >= 4 is 21.4 Å². The van der Waals surface area contributed by atoms with Crippen molar-refractivity contribution < 1.29 is 0 Å². The number of benzene rings is 2. The minimum Gasteiger partial charge on any atom is -0.310 e. The number of fused-ring (bicyclic) bond motifs is 1. The van der Waals surface area contributed by atoms with Gasteiger partial charge in [-0.05, 0) is 47.3 Å². The summed E-state index contributed by atoms with van der Waals surface area (Å²) in [5, 5.41) is 7.35. The number of thiophene rings is 1. The van der Waals surface area contributed by atoms with Crippen molar-refractivity contribution in [1.82, 2.24) is 5.32 Å². The second-order valence-corrected chi connectivity index (χ2v) is 6.23. The first-order valence-electron chi connectivity index (χ1n) is 7.62. The van der Waals surface area contributed by atoms with E-state index in [2.05, 4.69) is 72.2 Å². The van der Waals surface area contributed by atoms with Crippen molar-refractivity contribution in [3.63, 3.8) is 0 Å². The molecule has 1 nitrogen and oxygen atoms in total. The van der Waals surface area contributed by atoms with Gasteiger partial charge in [0, 0.05) is 10.7 Å². The molecule has 0 bridgehead atoms. The van der Waals surface area contributed by atoms with Crippen LogP contribution in [0.25, 0.3) is 10.1 Å². The molecule has 2 aromatic carbocycles. The van der Waals surface area contributed by atoms with Crippen LogP contribution in [-0.2, 0) is 6.42 Å². The molecule has 0 aliphatic carbocycles. The van der Waals surface area contributed by atoms with Gasteiger partial charge in [0.15, 0.2) is 0 Å². The molecule has 0 saturated heterocycles. The van der Waals surface area contributed by atoms with Gasteiger partial charge in [-0.1, -0.05) is 55.5 Å². The van der Waals surface area contributed by atoms with E-state index in [4.69, 9.17) is 0 Å². The zero-order valence-electron chi connectivity index (χ0n) is 12.4. The third-order valence-corrected chi connectivity index (χ3v) is 4.93. The number of aryl methyl sites for hydroxylation is 1. The van der Waals surface area contributed by atoms with E-state index in [0.717, 1.165) is 19.4 Å². The number of rotatable bonds is 6. The predicted octanol–water partition coefficient (Wildman–Crippen LogP) is 5.18. The first kappa shape index (κ1) is 14.3. The predicted molar refractivity (Wildman–Crippen MR) is 93.0 cm³/mol. The third-order valence-electron chi connectivity index (χ3n) is 3.92. The van der Waals surface area contributed by atoms with Crippen LogP contribution in [0.4, 0.5) is 0 Å². The molecule has 0 amide bonds. The van der Waals surface area contributed by atoms with Gasteiger partial charge in [-0.3, -0.25) is 0 Å². The monoisotopic (exact) mass is 295 g/mol. The van der Waals surface area contributed by atoms with Crippen LogP contribution in [0.2, 0.25) is 0 Å². The normalized spacial score (nSPS) is 12.6. The highest BCUT2D eigenvalue weighted by Crippen LogP contribution is 2.28. The number of hydrogen-bond acceptors (Lipinski definition) is 2. The van der Waals surface area contributed by atoms with Crippen LogP contribution >= 0.6 is 11.3 Å². The van der Waals surface area contributed by atoms with E-state index in [1.807, 2.05) is 11.3 Å². The van der Waals surface area contributed by atoms with Gasteiger partial charge in [0.1, 0.15) is 0 Å². The molecule has 2 heteroatoms. The van der Waals surface area contributed by atoms with E-state index in [-0.39, 0.29) is 0 Å². The molecule has 0 aliphatic heterocycles. The van der Waals surface area contributed by atoms with E-state index in [9.17, 15) is 0 Å². The van der Waals surface area contributed by atoms with Crippen LogP contribution < -0.4 is 5.32 Å². The molecule has 3 rings (SSSR count). The van der Waals surface area contributed by atoms with Crippen molar-refractivity contribution in [2.45, 2.75) is 25.8 Å². The highest BCUT2D eigenvalue weighted by molar-refractivity contribution is 7.17. The van der Waals surface area contributed by atoms with Gasteiger partial charge >= 0.3 is 0 Å². The Hall–Kier alpha value is -1.64. The molecule has 1 heterocycles. The van der Waals surface area contributed by atoms with Crippen LogP contribution in [0.3, 0.4) is 0 Å². The minimum atomic E-state index is 0.440. The SMILES string of the molecule is CCNC(CCc1csc2ccccc12)c1ccccc1. The van der Waals surface area contributed by atoms with Crippen molar-refractivity contribution in [3.8, 4) is 0 Å². The van der Waals surface area contributed by atoms with Gasteiger partial charge in [0.2, 0.25) is 0 Å². The largest absolute Gasteiger partial charge is 0.310 e. The summed E-state index contributed by atoms with van der Waals surface area (Å²) in [7, 11) is 0. The Balaban J connectivity index is 1.75. The van der Waals surface area contributed by atoms with E-state index in [1.54, 1.807) is 0 Å². The van der Waals surface area contributed by atoms with Crippen molar-refractivity contribution in [1.29, 1.82) is 0 Å². The molecule has 0 saturated carbocycles. The summed E-state index contributed by atoms with van der Waals surface area (Å²) in [4.78, 5) is 0. The van der Waals surface area contributed by atoms with Gasteiger partial charge in [0.25, 0.3) is 0 Å². The summed E-state index contributed by atoms with van der Waals surface area (Å²) in [6.45, 7) is 3.18. The highest BCUT2D eigenvalue weighted by atomic mass is 32.1. The smallest absolute Gasteiger partial charge is 0.0345 e. The number of nitrogens with one attached hydrogen (secondary N) is 1. The molecule has 1 aromatic heterocycles. The molecule has 0 radical (unpaired) electrons. The molecule has 1 N–H and O–H groups in total. The quantitative estimate of drug-likeness (QED) is 0.660. The first-order valence-corrected chi connectivity index (χ1v) is 8.50. The van der Waals surface area contributed by atoms with Crippen LogP contribution in [0, 0.1) is 0 Å². The second-order valence-electron chi connectivity index (χ2n) is 5.32. The molecule has 108 valence electrons. The average molecular weight is 295 g/mol. The van der Waals surface area contributed by atoms with E-state index in [0.29, 0.717) is 6.04 Å². The fraction of sp³-hybridized carbons (Fsp3) is 0.263. The lowest BCUT2D eigenvalue weighted by atomic mass is 9.98. The Morgan fingerprint density at radius 3 is 2.57 bits per heavy atom. The zero-order valence-corrected chi connectivity index (χ0v) is 13.2. The minimum absolute atomic E-state index is 0.440. The molecule has 0 fully saturated rings. The van der Waals surface area contributed by atoms with Gasteiger partial charge in [0.05, 0.1) is 0 Å². The van der Waals surface area contributed by atoms with Crippen LogP contribution in [-0.4, -0.2) is 6.54 Å². The molecule has 1 atom stereocenters. The Morgan fingerprint density at radius 1 is 1.00 bits per heavy atom. The Labute approximate surface area is 130 Å². The average Bonchev–Trinajstić information content (AvgIpc) is 2.95. The van der Waals surface area contributed by atoms with Gasteiger partial charge in [-0.25, -0.2) is 0 Å². The summed E-state index contributed by atoms with van der Waals surface area (Å²) < 4.78 is 1.40. The highest BCUT2D eigenvalue weighted by Gasteiger charge is 2.11. The maximum absolute atomic E-state index is 3.61. The molecule has 1 unspecified atom stereocenters. The summed E-state index contributed by atoms with van der Waals surface area (Å²) >= 11 is 1.85. The lowest BCUT2D eigenvalue weighted by molar-refractivity contribution is 0.516.